The smallest absolute Gasteiger partial charge is 0.249 e. The van der Waals surface area contributed by atoms with Crippen LogP contribution in [-0.2, 0) is 16.0 Å². The summed E-state index contributed by atoms with van der Waals surface area (Å²) in [6.45, 7) is 0.599. The molecule has 24 heavy (non-hydrogen) atoms. The molecule has 1 heterocycles. The monoisotopic (exact) mass is 323 g/mol. The average molecular weight is 323 g/mol. The Kier molecular flexibility index (Phi) is 4.91. The van der Waals surface area contributed by atoms with Crippen LogP contribution in [0.1, 0.15) is 12.0 Å². The Labute approximate surface area is 141 Å². The van der Waals surface area contributed by atoms with Gasteiger partial charge in [-0.15, -0.1) is 0 Å². The van der Waals surface area contributed by atoms with Gasteiger partial charge in [0.15, 0.2) is 0 Å². The van der Waals surface area contributed by atoms with Gasteiger partial charge in [-0.3, -0.25) is 9.59 Å². The lowest BCUT2D eigenvalue weighted by Crippen LogP contribution is -2.49. The van der Waals surface area contributed by atoms with E-state index in [-0.39, 0.29) is 11.8 Å². The molecule has 1 fully saturated rings. The van der Waals surface area contributed by atoms with E-state index in [1.54, 1.807) is 4.90 Å². The second kappa shape index (κ2) is 7.27. The van der Waals surface area contributed by atoms with Crippen LogP contribution in [0.25, 0.3) is 0 Å². The number of carbonyl (C=O) groups excluding carboxylic acids is 2. The first-order valence-electron chi connectivity index (χ1n) is 8.11. The molecule has 2 aromatic carbocycles. The number of nitrogens with two attached hydrogens (primary N) is 1. The fourth-order valence-corrected chi connectivity index (χ4v) is 2.92. The molecule has 0 aliphatic carbocycles. The predicted molar refractivity (Wildman–Crippen MR) is 93.5 cm³/mol. The molecule has 1 aliphatic rings. The number of anilines is 1. The minimum Gasteiger partial charge on any atom is -0.343 e. The van der Waals surface area contributed by atoms with Crippen LogP contribution in [-0.4, -0.2) is 30.4 Å². The van der Waals surface area contributed by atoms with Crippen molar-refractivity contribution in [2.45, 2.75) is 24.9 Å². The van der Waals surface area contributed by atoms with Crippen molar-refractivity contribution in [1.29, 1.82) is 0 Å². The van der Waals surface area contributed by atoms with Crippen molar-refractivity contribution in [1.82, 2.24) is 5.32 Å². The molecule has 0 saturated carbocycles. The fourth-order valence-electron chi connectivity index (χ4n) is 2.92. The molecule has 0 aromatic heterocycles. The summed E-state index contributed by atoms with van der Waals surface area (Å²) in [5.41, 5.74) is 7.84. The summed E-state index contributed by atoms with van der Waals surface area (Å²) in [5.74, 6) is -0.367. The van der Waals surface area contributed by atoms with Gasteiger partial charge in [-0.25, -0.2) is 0 Å². The van der Waals surface area contributed by atoms with E-state index < -0.39 is 12.1 Å². The number of nitrogens with zero attached hydrogens (tertiary/aromatic N) is 1. The van der Waals surface area contributed by atoms with Gasteiger partial charge in [-0.2, -0.15) is 0 Å². The molecule has 0 radical (unpaired) electrons. The zero-order valence-electron chi connectivity index (χ0n) is 13.4. The molecule has 124 valence electrons. The molecule has 1 aliphatic heterocycles. The molecule has 2 aromatic rings. The number of hydrogen-bond donors (Lipinski definition) is 2. The van der Waals surface area contributed by atoms with Crippen LogP contribution in [0.2, 0.25) is 0 Å². The Bertz CT molecular complexity index is 703. The topological polar surface area (TPSA) is 75.4 Å². The number of hydrogen-bond acceptors (Lipinski definition) is 3. The van der Waals surface area contributed by atoms with Crippen molar-refractivity contribution in [3.8, 4) is 0 Å². The quantitative estimate of drug-likeness (QED) is 0.875. The highest BCUT2D eigenvalue weighted by atomic mass is 16.2. The van der Waals surface area contributed by atoms with Crippen LogP contribution in [0, 0.1) is 0 Å². The summed E-state index contributed by atoms with van der Waals surface area (Å²) in [5, 5.41) is 2.79. The minimum absolute atomic E-state index is 0.0820. The van der Waals surface area contributed by atoms with Crippen molar-refractivity contribution < 1.29 is 9.59 Å². The van der Waals surface area contributed by atoms with Gasteiger partial charge in [-0.1, -0.05) is 48.5 Å². The van der Waals surface area contributed by atoms with E-state index in [0.717, 1.165) is 11.3 Å². The van der Waals surface area contributed by atoms with Gasteiger partial charge in [0.1, 0.15) is 6.04 Å². The standard InChI is InChI=1S/C19H21N3O2/c20-16(13-14-7-3-1-4-8-14)18(23)21-17-11-12-22(19(17)24)15-9-5-2-6-10-15/h1-10,16-17H,11-13,20H2,(H,21,23)/t16-,17?/m0/s1. The largest absolute Gasteiger partial charge is 0.343 e. The lowest BCUT2D eigenvalue weighted by Gasteiger charge is -2.18. The number of para-hydroxylation sites is 1. The van der Waals surface area contributed by atoms with E-state index in [2.05, 4.69) is 5.32 Å². The molecule has 2 atom stereocenters. The Morgan fingerprint density at radius 1 is 1.12 bits per heavy atom. The molecule has 0 bridgehead atoms. The van der Waals surface area contributed by atoms with E-state index in [1.165, 1.54) is 0 Å². The first-order chi connectivity index (χ1) is 11.6. The van der Waals surface area contributed by atoms with Crippen LogP contribution in [0.5, 0.6) is 0 Å². The summed E-state index contributed by atoms with van der Waals surface area (Å²) in [4.78, 5) is 26.5. The summed E-state index contributed by atoms with van der Waals surface area (Å²) in [6.07, 6.45) is 1.05. The SMILES string of the molecule is N[C@@H](Cc1ccccc1)C(=O)NC1CCN(c2ccccc2)C1=O. The van der Waals surface area contributed by atoms with Gasteiger partial charge in [0.25, 0.3) is 0 Å². The van der Waals surface area contributed by atoms with E-state index in [9.17, 15) is 9.59 Å². The predicted octanol–water partition coefficient (Wildman–Crippen LogP) is 1.48. The van der Waals surface area contributed by atoms with Gasteiger partial charge >= 0.3 is 0 Å². The Morgan fingerprint density at radius 3 is 2.42 bits per heavy atom. The third-order valence-electron chi connectivity index (χ3n) is 4.23. The summed E-state index contributed by atoms with van der Waals surface area (Å²) in [7, 11) is 0. The average Bonchev–Trinajstić information content (AvgIpc) is 2.97. The second-order valence-electron chi connectivity index (χ2n) is 5.97. The van der Waals surface area contributed by atoms with Crippen LogP contribution in [0.4, 0.5) is 5.69 Å². The normalized spacial score (nSPS) is 18.5. The first-order valence-corrected chi connectivity index (χ1v) is 8.11. The van der Waals surface area contributed by atoms with Gasteiger partial charge in [0, 0.05) is 12.2 Å². The lowest BCUT2D eigenvalue weighted by molar-refractivity contribution is -0.127. The van der Waals surface area contributed by atoms with Gasteiger partial charge in [0.05, 0.1) is 6.04 Å². The maximum Gasteiger partial charge on any atom is 0.249 e. The zero-order chi connectivity index (χ0) is 16.9. The van der Waals surface area contributed by atoms with Crippen molar-refractivity contribution >= 4 is 17.5 Å². The van der Waals surface area contributed by atoms with E-state index in [0.29, 0.717) is 19.4 Å². The summed E-state index contributed by atoms with van der Waals surface area (Å²) >= 11 is 0. The van der Waals surface area contributed by atoms with Crippen LogP contribution in [0.15, 0.2) is 60.7 Å². The molecule has 3 rings (SSSR count). The van der Waals surface area contributed by atoms with Gasteiger partial charge in [0.2, 0.25) is 11.8 Å². The molecule has 5 nitrogen and oxygen atoms in total. The maximum atomic E-state index is 12.5. The van der Waals surface area contributed by atoms with E-state index >= 15 is 0 Å². The highest BCUT2D eigenvalue weighted by molar-refractivity contribution is 6.01. The number of nitrogens with one attached hydrogen (secondary N) is 1. The van der Waals surface area contributed by atoms with Crippen LogP contribution < -0.4 is 16.0 Å². The maximum absolute atomic E-state index is 12.5. The molecule has 0 spiro atoms. The zero-order valence-corrected chi connectivity index (χ0v) is 13.4. The first kappa shape index (κ1) is 16.2. The van der Waals surface area contributed by atoms with Crippen molar-refractivity contribution in [2.24, 2.45) is 5.73 Å². The molecular formula is C19H21N3O2. The third kappa shape index (κ3) is 3.63. The van der Waals surface area contributed by atoms with Crippen molar-refractivity contribution in [2.75, 3.05) is 11.4 Å². The molecule has 1 saturated heterocycles. The highest BCUT2D eigenvalue weighted by Gasteiger charge is 2.34. The third-order valence-corrected chi connectivity index (χ3v) is 4.23. The second-order valence-corrected chi connectivity index (χ2v) is 5.97. The molecule has 5 heteroatoms. The summed E-state index contributed by atoms with van der Waals surface area (Å²) in [6, 6.07) is 17.9. The molecule has 2 amide bonds. The van der Waals surface area contributed by atoms with Crippen molar-refractivity contribution in [3.05, 3.63) is 66.2 Å². The van der Waals surface area contributed by atoms with Crippen molar-refractivity contribution in [3.63, 3.8) is 0 Å². The Hall–Kier alpha value is -2.66. The van der Waals surface area contributed by atoms with Crippen LogP contribution >= 0.6 is 0 Å². The molecule has 1 unspecified atom stereocenters. The number of rotatable bonds is 5. The number of benzene rings is 2. The lowest BCUT2D eigenvalue weighted by atomic mass is 10.1. The Morgan fingerprint density at radius 2 is 1.75 bits per heavy atom. The van der Waals surface area contributed by atoms with Gasteiger partial charge in [-0.05, 0) is 30.5 Å². The van der Waals surface area contributed by atoms with E-state index in [1.807, 2.05) is 60.7 Å². The van der Waals surface area contributed by atoms with Gasteiger partial charge < -0.3 is 16.0 Å². The number of amides is 2. The fraction of sp³-hybridized carbons (Fsp3) is 0.263. The highest BCUT2D eigenvalue weighted by Crippen LogP contribution is 2.21. The summed E-state index contributed by atoms with van der Waals surface area (Å²) < 4.78 is 0. The van der Waals surface area contributed by atoms with Crippen LogP contribution in [0.3, 0.4) is 0 Å². The molecule has 3 N–H and O–H groups in total. The molecular weight excluding hydrogens is 302 g/mol. The number of carbonyl (C=O) groups is 2. The minimum atomic E-state index is -0.661. The van der Waals surface area contributed by atoms with E-state index in [4.69, 9.17) is 5.73 Å². The Balaban J connectivity index is 1.58.